The zero-order valence-electron chi connectivity index (χ0n) is 19.7. The van der Waals surface area contributed by atoms with Gasteiger partial charge in [0.05, 0.1) is 13.2 Å². The summed E-state index contributed by atoms with van der Waals surface area (Å²) in [6.07, 6.45) is -0.887. The van der Waals surface area contributed by atoms with Crippen LogP contribution in [0.25, 0.3) is 0 Å². The summed E-state index contributed by atoms with van der Waals surface area (Å²) in [5, 5.41) is 12.6. The lowest BCUT2D eigenvalue weighted by Crippen LogP contribution is -2.22. The number of rotatable bonds is 10. The van der Waals surface area contributed by atoms with Gasteiger partial charge in [0.1, 0.15) is 17.3 Å². The molecule has 0 saturated heterocycles. The van der Waals surface area contributed by atoms with Gasteiger partial charge >= 0.3 is 12.1 Å². The van der Waals surface area contributed by atoms with Crippen molar-refractivity contribution in [3.05, 3.63) is 83.7 Å². The molecule has 9 nitrogen and oxygen atoms in total. The monoisotopic (exact) mass is 495 g/mol. The predicted molar refractivity (Wildman–Crippen MR) is 132 cm³/mol. The molecule has 3 aromatic rings. The van der Waals surface area contributed by atoms with Crippen molar-refractivity contribution >= 4 is 23.6 Å². The lowest BCUT2D eigenvalue weighted by atomic mass is 10.0. The Bertz CT molecular complexity index is 1230. The van der Waals surface area contributed by atoms with Crippen LogP contribution in [0.5, 0.6) is 17.2 Å². The normalized spacial score (nSPS) is 11.9. The van der Waals surface area contributed by atoms with E-state index in [0.717, 1.165) is 0 Å². The minimum atomic E-state index is -1.44. The molecular weight excluding hydrogens is 469 g/mol. The van der Waals surface area contributed by atoms with Gasteiger partial charge in [-0.05, 0) is 56.3 Å². The van der Waals surface area contributed by atoms with Crippen LogP contribution in [0, 0.1) is 5.82 Å². The first-order valence-electron chi connectivity index (χ1n) is 11.1. The van der Waals surface area contributed by atoms with Crippen molar-refractivity contribution in [1.29, 1.82) is 0 Å². The molecule has 0 fully saturated rings. The summed E-state index contributed by atoms with van der Waals surface area (Å²) in [7, 11) is 0. The third-order valence-corrected chi connectivity index (χ3v) is 4.86. The van der Waals surface area contributed by atoms with Crippen LogP contribution in [0.4, 0.5) is 14.9 Å². The Hall–Kier alpha value is -4.60. The molecule has 1 amide bonds. The number of carbonyl (C=O) groups excluding carboxylic acids is 1. The lowest BCUT2D eigenvalue weighted by Gasteiger charge is -2.20. The van der Waals surface area contributed by atoms with E-state index >= 15 is 4.39 Å². The number of nitrogens with zero attached hydrogens (tertiary/aromatic N) is 1. The van der Waals surface area contributed by atoms with E-state index in [1.807, 2.05) is 0 Å². The molecule has 3 rings (SSSR count). The maximum absolute atomic E-state index is 15.1. The van der Waals surface area contributed by atoms with Gasteiger partial charge in [-0.2, -0.15) is 4.99 Å². The van der Waals surface area contributed by atoms with Gasteiger partial charge < -0.3 is 30.4 Å². The Morgan fingerprint density at radius 3 is 2.28 bits per heavy atom. The Morgan fingerprint density at radius 1 is 1.00 bits per heavy atom. The van der Waals surface area contributed by atoms with Crippen LogP contribution in [0.3, 0.4) is 0 Å². The quantitative estimate of drug-likeness (QED) is 0.271. The maximum Gasteiger partial charge on any atom is 0.441 e. The van der Waals surface area contributed by atoms with Crippen molar-refractivity contribution in [2.75, 3.05) is 18.5 Å². The Kier molecular flexibility index (Phi) is 8.82. The molecular formula is C26H26FN3O6. The molecule has 0 aliphatic carbocycles. The lowest BCUT2D eigenvalue weighted by molar-refractivity contribution is -0.138. The van der Waals surface area contributed by atoms with Crippen LogP contribution in [-0.2, 0) is 4.79 Å². The van der Waals surface area contributed by atoms with Gasteiger partial charge in [0.2, 0.25) is 0 Å². The average molecular weight is 496 g/mol. The average Bonchev–Trinajstić information content (AvgIpc) is 2.85. The van der Waals surface area contributed by atoms with E-state index in [-0.39, 0.29) is 29.5 Å². The highest BCUT2D eigenvalue weighted by atomic mass is 19.1. The van der Waals surface area contributed by atoms with E-state index in [1.165, 1.54) is 36.4 Å². The third kappa shape index (κ3) is 6.72. The Balaban J connectivity index is 1.80. The molecule has 4 N–H and O–H groups in total. The number of ether oxygens (including phenoxy) is 3. The summed E-state index contributed by atoms with van der Waals surface area (Å²) in [5.41, 5.74) is 6.53. The number of nitrogens with two attached hydrogens (primary N) is 1. The largest absolute Gasteiger partial charge is 0.494 e. The highest BCUT2D eigenvalue weighted by Gasteiger charge is 2.27. The smallest absolute Gasteiger partial charge is 0.441 e. The first-order chi connectivity index (χ1) is 17.3. The third-order valence-electron chi connectivity index (χ3n) is 4.86. The highest BCUT2D eigenvalue weighted by Crippen LogP contribution is 2.33. The predicted octanol–water partition coefficient (Wildman–Crippen LogP) is 4.77. The highest BCUT2D eigenvalue weighted by molar-refractivity contribution is 6.03. The number of nitrogens with one attached hydrogen (secondary N) is 1. The second-order valence-corrected chi connectivity index (χ2v) is 7.36. The number of amidine groups is 1. The zero-order valence-corrected chi connectivity index (χ0v) is 19.7. The molecule has 0 bridgehead atoms. The van der Waals surface area contributed by atoms with Crippen LogP contribution < -0.4 is 25.3 Å². The first-order valence-corrected chi connectivity index (χ1v) is 11.1. The molecule has 188 valence electrons. The van der Waals surface area contributed by atoms with Crippen LogP contribution in [0.2, 0.25) is 0 Å². The zero-order chi connectivity index (χ0) is 26.1. The van der Waals surface area contributed by atoms with Crippen molar-refractivity contribution in [1.82, 2.24) is 0 Å². The fourth-order valence-electron chi connectivity index (χ4n) is 3.27. The number of hydrogen-bond donors (Lipinski definition) is 3. The number of carbonyl (C=O) groups is 2. The summed E-state index contributed by atoms with van der Waals surface area (Å²) in [6.45, 7) is 3.96. The molecule has 0 aromatic heterocycles. The second-order valence-electron chi connectivity index (χ2n) is 7.36. The molecule has 0 heterocycles. The first kappa shape index (κ1) is 26.0. The number of halogens is 1. The van der Waals surface area contributed by atoms with Gasteiger partial charge in [0.15, 0.2) is 17.6 Å². The fraction of sp³-hybridized carbons (Fsp3) is 0.192. The molecule has 1 atom stereocenters. The summed E-state index contributed by atoms with van der Waals surface area (Å²) >= 11 is 0. The van der Waals surface area contributed by atoms with Crippen molar-refractivity contribution in [2.45, 2.75) is 19.9 Å². The standard InChI is InChI=1S/C26H26FN3O6/c1-3-34-19-14-20(22(27)21(15-19)35-4-2)23(25(31)32)29-17-12-10-16(11-13-17)24(28)30-26(33)36-18-8-6-5-7-9-18/h5-15,23,29H,3-4H2,1-2H3,(H,31,32)(H2,28,30,33). The fourth-order valence-corrected chi connectivity index (χ4v) is 3.27. The molecule has 1 unspecified atom stereocenters. The van der Waals surface area contributed by atoms with E-state index < -0.39 is 23.9 Å². The van der Waals surface area contributed by atoms with E-state index in [0.29, 0.717) is 23.6 Å². The number of amides is 1. The second kappa shape index (κ2) is 12.2. The van der Waals surface area contributed by atoms with Crippen molar-refractivity contribution in [2.24, 2.45) is 10.7 Å². The van der Waals surface area contributed by atoms with Gasteiger partial charge in [-0.15, -0.1) is 0 Å². The molecule has 0 aliphatic heterocycles. The summed E-state index contributed by atoms with van der Waals surface area (Å²) in [6, 6.07) is 15.8. The van der Waals surface area contributed by atoms with Crippen LogP contribution >= 0.6 is 0 Å². The van der Waals surface area contributed by atoms with Gasteiger partial charge in [0, 0.05) is 22.9 Å². The Morgan fingerprint density at radius 2 is 1.67 bits per heavy atom. The number of anilines is 1. The van der Waals surface area contributed by atoms with Gasteiger partial charge in [-0.3, -0.25) is 0 Å². The Labute approximate surface area is 207 Å². The molecule has 10 heteroatoms. The number of hydrogen-bond acceptors (Lipinski definition) is 6. The van der Waals surface area contributed by atoms with E-state index in [2.05, 4.69) is 10.3 Å². The number of carboxylic acids is 1. The summed E-state index contributed by atoms with van der Waals surface area (Å²) in [4.78, 5) is 27.8. The van der Waals surface area contributed by atoms with Crippen LogP contribution in [0.1, 0.15) is 31.0 Å². The van der Waals surface area contributed by atoms with Crippen LogP contribution in [-0.4, -0.2) is 36.2 Å². The van der Waals surface area contributed by atoms with Gasteiger partial charge in [0.25, 0.3) is 0 Å². The van der Waals surface area contributed by atoms with Gasteiger partial charge in [-0.25, -0.2) is 14.0 Å². The summed E-state index contributed by atoms with van der Waals surface area (Å²) in [5.74, 6) is -1.69. The number of aliphatic imine (C=N–C) groups is 1. The number of benzene rings is 3. The maximum atomic E-state index is 15.1. The SMILES string of the molecule is CCOc1cc(OCC)c(F)c(C(Nc2ccc(/C(N)=N/C(=O)Oc3ccccc3)cc2)C(=O)O)c1. The molecule has 0 aliphatic rings. The van der Waals surface area contributed by atoms with Gasteiger partial charge in [-0.1, -0.05) is 18.2 Å². The summed E-state index contributed by atoms with van der Waals surface area (Å²) < 4.78 is 30.9. The topological polar surface area (TPSA) is 132 Å². The van der Waals surface area contributed by atoms with Crippen LogP contribution in [0.15, 0.2) is 71.7 Å². The molecule has 0 saturated carbocycles. The van der Waals surface area contributed by atoms with Crippen molar-refractivity contribution in [3.63, 3.8) is 0 Å². The number of para-hydroxylation sites is 1. The number of carboxylic acid groups (broad SMARTS) is 1. The van der Waals surface area contributed by atoms with E-state index in [4.69, 9.17) is 19.9 Å². The van der Waals surface area contributed by atoms with E-state index in [1.54, 1.807) is 44.2 Å². The minimum absolute atomic E-state index is 0.0888. The number of aliphatic carboxylic acids is 1. The minimum Gasteiger partial charge on any atom is -0.494 e. The molecule has 36 heavy (non-hydrogen) atoms. The van der Waals surface area contributed by atoms with Crippen molar-refractivity contribution < 1.29 is 33.3 Å². The van der Waals surface area contributed by atoms with Crippen molar-refractivity contribution in [3.8, 4) is 17.2 Å². The molecule has 0 radical (unpaired) electrons. The molecule has 0 spiro atoms. The van der Waals surface area contributed by atoms with E-state index in [9.17, 15) is 14.7 Å². The molecule has 3 aromatic carbocycles.